The minimum atomic E-state index is 0. The van der Waals surface area contributed by atoms with E-state index in [1.54, 1.807) is 7.11 Å². The molecule has 0 aromatic heterocycles. The summed E-state index contributed by atoms with van der Waals surface area (Å²) in [6.45, 7) is 11.1. The summed E-state index contributed by atoms with van der Waals surface area (Å²) in [6, 6.07) is 0.277. The average molecular weight is 371 g/mol. The van der Waals surface area contributed by atoms with Crippen LogP contribution in [0.2, 0.25) is 0 Å². The van der Waals surface area contributed by atoms with Crippen LogP contribution in [0.3, 0.4) is 0 Å². The molecule has 1 unspecified atom stereocenters. The van der Waals surface area contributed by atoms with Gasteiger partial charge in [0.2, 0.25) is 0 Å². The van der Waals surface area contributed by atoms with Crippen LogP contribution in [0.4, 0.5) is 0 Å². The number of halogens is 1. The molecular formula is C13H30IN3O. The topological polar surface area (TPSA) is 45.7 Å². The van der Waals surface area contributed by atoms with E-state index in [0.29, 0.717) is 12.5 Å². The van der Waals surface area contributed by atoms with Gasteiger partial charge in [-0.05, 0) is 19.8 Å². The van der Waals surface area contributed by atoms with E-state index in [1.807, 2.05) is 0 Å². The van der Waals surface area contributed by atoms with Crippen molar-refractivity contribution in [2.24, 2.45) is 10.9 Å². The lowest BCUT2D eigenvalue weighted by atomic mass is 10.0. The van der Waals surface area contributed by atoms with Crippen LogP contribution in [-0.2, 0) is 4.74 Å². The average Bonchev–Trinajstić information content (AvgIpc) is 2.30. The van der Waals surface area contributed by atoms with Crippen molar-refractivity contribution in [3.63, 3.8) is 0 Å². The minimum Gasteiger partial charge on any atom is -0.383 e. The summed E-state index contributed by atoms with van der Waals surface area (Å²) < 4.78 is 5.11. The Morgan fingerprint density at radius 2 is 1.83 bits per heavy atom. The molecule has 0 radical (unpaired) electrons. The zero-order valence-corrected chi connectivity index (χ0v) is 14.8. The van der Waals surface area contributed by atoms with Gasteiger partial charge >= 0.3 is 0 Å². The highest BCUT2D eigenvalue weighted by atomic mass is 127. The molecule has 0 bridgehead atoms. The van der Waals surface area contributed by atoms with Crippen molar-refractivity contribution in [1.29, 1.82) is 0 Å². The van der Waals surface area contributed by atoms with Gasteiger partial charge in [-0.15, -0.1) is 24.0 Å². The highest BCUT2D eigenvalue weighted by molar-refractivity contribution is 14.0. The van der Waals surface area contributed by atoms with Crippen LogP contribution in [0.5, 0.6) is 0 Å². The summed E-state index contributed by atoms with van der Waals surface area (Å²) in [5.41, 5.74) is 0. The first kappa shape index (κ1) is 20.3. The normalized spacial score (nSPS) is 13.1. The number of rotatable bonds is 8. The number of methoxy groups -OCH3 is 1. The van der Waals surface area contributed by atoms with E-state index >= 15 is 0 Å². The molecule has 0 aromatic rings. The Balaban J connectivity index is 0. The second kappa shape index (κ2) is 13.4. The number of hydrogen-bond donors (Lipinski definition) is 2. The number of nitrogens with zero attached hydrogens (tertiary/aromatic N) is 1. The molecule has 0 aliphatic rings. The van der Waals surface area contributed by atoms with Crippen LogP contribution in [-0.4, -0.2) is 38.8 Å². The van der Waals surface area contributed by atoms with Gasteiger partial charge in [0.1, 0.15) is 0 Å². The van der Waals surface area contributed by atoms with E-state index in [2.05, 4.69) is 43.3 Å². The van der Waals surface area contributed by atoms with Crippen LogP contribution in [0.1, 0.15) is 40.5 Å². The fourth-order valence-electron chi connectivity index (χ4n) is 1.61. The summed E-state index contributed by atoms with van der Waals surface area (Å²) >= 11 is 0. The summed E-state index contributed by atoms with van der Waals surface area (Å²) in [7, 11) is 1.71. The molecule has 0 saturated carbocycles. The molecule has 4 nitrogen and oxygen atoms in total. The zero-order chi connectivity index (χ0) is 13.1. The first-order chi connectivity index (χ1) is 8.17. The summed E-state index contributed by atoms with van der Waals surface area (Å²) in [4.78, 5) is 4.62. The van der Waals surface area contributed by atoms with Gasteiger partial charge in [0.15, 0.2) is 5.96 Å². The van der Waals surface area contributed by atoms with Crippen molar-refractivity contribution < 1.29 is 4.74 Å². The lowest BCUT2D eigenvalue weighted by molar-refractivity contribution is 0.179. The van der Waals surface area contributed by atoms with Crippen LogP contribution >= 0.6 is 24.0 Å². The van der Waals surface area contributed by atoms with Crippen LogP contribution in [0, 0.1) is 5.92 Å². The smallest absolute Gasteiger partial charge is 0.191 e. The van der Waals surface area contributed by atoms with E-state index in [4.69, 9.17) is 4.74 Å². The summed E-state index contributed by atoms with van der Waals surface area (Å²) in [5, 5.41) is 6.60. The Kier molecular flexibility index (Phi) is 15.1. The molecule has 2 N–H and O–H groups in total. The summed E-state index contributed by atoms with van der Waals surface area (Å²) in [6.07, 6.45) is 2.38. The molecule has 0 fully saturated rings. The maximum atomic E-state index is 5.11. The van der Waals surface area contributed by atoms with Crippen molar-refractivity contribution in [1.82, 2.24) is 10.6 Å². The second-order valence-corrected chi connectivity index (χ2v) is 4.40. The van der Waals surface area contributed by atoms with Gasteiger partial charge in [-0.3, -0.25) is 4.99 Å². The molecule has 110 valence electrons. The largest absolute Gasteiger partial charge is 0.383 e. The first-order valence-corrected chi connectivity index (χ1v) is 6.71. The monoisotopic (exact) mass is 371 g/mol. The van der Waals surface area contributed by atoms with Crippen molar-refractivity contribution in [2.45, 2.75) is 46.6 Å². The number of ether oxygens (including phenoxy) is 1. The standard InChI is InChI=1S/C13H29N3O.HI/c1-6-12(7-2)9-15-13(14-8-3)16-11(4)10-17-5;/h11-12H,6-10H2,1-5H3,(H2,14,15,16);1H. The van der Waals surface area contributed by atoms with Crippen molar-refractivity contribution >= 4 is 29.9 Å². The number of guanidine groups is 1. The Morgan fingerprint density at radius 1 is 1.22 bits per heavy atom. The van der Waals surface area contributed by atoms with Crippen molar-refractivity contribution in [3.8, 4) is 0 Å². The van der Waals surface area contributed by atoms with E-state index in [-0.39, 0.29) is 30.0 Å². The van der Waals surface area contributed by atoms with Gasteiger partial charge in [0.05, 0.1) is 6.61 Å². The SMILES string of the molecule is CCNC(=NCC(CC)CC)NC(C)COC.I. The van der Waals surface area contributed by atoms with Gasteiger partial charge in [0.25, 0.3) is 0 Å². The highest BCUT2D eigenvalue weighted by Crippen LogP contribution is 2.07. The quantitative estimate of drug-likeness (QED) is 0.392. The highest BCUT2D eigenvalue weighted by Gasteiger charge is 2.06. The Morgan fingerprint density at radius 3 is 2.28 bits per heavy atom. The van der Waals surface area contributed by atoms with Gasteiger partial charge in [-0.25, -0.2) is 0 Å². The molecule has 0 amide bonds. The van der Waals surface area contributed by atoms with Gasteiger partial charge in [-0.1, -0.05) is 26.7 Å². The van der Waals surface area contributed by atoms with Gasteiger partial charge in [0, 0.05) is 26.2 Å². The van der Waals surface area contributed by atoms with E-state index in [9.17, 15) is 0 Å². The molecule has 1 atom stereocenters. The molecule has 0 heterocycles. The molecular weight excluding hydrogens is 341 g/mol. The molecule has 0 aliphatic heterocycles. The predicted molar refractivity (Wildman–Crippen MR) is 89.9 cm³/mol. The minimum absolute atomic E-state index is 0. The maximum absolute atomic E-state index is 5.11. The first-order valence-electron chi connectivity index (χ1n) is 6.71. The Hall–Kier alpha value is -0.0400. The molecule has 5 heteroatoms. The summed E-state index contributed by atoms with van der Waals surface area (Å²) in [5.74, 6) is 1.58. The Labute approximate surface area is 129 Å². The fraction of sp³-hybridized carbons (Fsp3) is 0.923. The fourth-order valence-corrected chi connectivity index (χ4v) is 1.61. The van der Waals surface area contributed by atoms with E-state index in [1.165, 1.54) is 12.8 Å². The van der Waals surface area contributed by atoms with E-state index in [0.717, 1.165) is 19.0 Å². The van der Waals surface area contributed by atoms with E-state index < -0.39 is 0 Å². The molecule has 0 saturated heterocycles. The van der Waals surface area contributed by atoms with Gasteiger partial charge < -0.3 is 15.4 Å². The predicted octanol–water partition coefficient (Wildman–Crippen LogP) is 2.63. The van der Waals surface area contributed by atoms with Crippen LogP contribution in [0.25, 0.3) is 0 Å². The van der Waals surface area contributed by atoms with Gasteiger partial charge in [-0.2, -0.15) is 0 Å². The zero-order valence-electron chi connectivity index (χ0n) is 12.5. The molecule has 0 spiro atoms. The molecule has 0 aromatic carbocycles. The van der Waals surface area contributed by atoms with Crippen molar-refractivity contribution in [2.75, 3.05) is 26.8 Å². The number of hydrogen-bond acceptors (Lipinski definition) is 2. The molecule has 0 rings (SSSR count). The lowest BCUT2D eigenvalue weighted by Crippen LogP contribution is -2.44. The molecule has 18 heavy (non-hydrogen) atoms. The third-order valence-electron chi connectivity index (χ3n) is 2.81. The number of aliphatic imine (C=N–C) groups is 1. The molecule has 0 aliphatic carbocycles. The third-order valence-corrected chi connectivity index (χ3v) is 2.81. The third kappa shape index (κ3) is 9.94. The maximum Gasteiger partial charge on any atom is 0.191 e. The van der Waals surface area contributed by atoms with Crippen LogP contribution < -0.4 is 10.6 Å². The lowest BCUT2D eigenvalue weighted by Gasteiger charge is -2.18. The Bertz CT molecular complexity index is 208. The second-order valence-electron chi connectivity index (χ2n) is 4.40. The number of nitrogens with one attached hydrogen (secondary N) is 2. The van der Waals surface area contributed by atoms with Crippen molar-refractivity contribution in [3.05, 3.63) is 0 Å². The van der Waals surface area contributed by atoms with Crippen LogP contribution in [0.15, 0.2) is 4.99 Å².